The molecule has 0 unspecified atom stereocenters. The predicted molar refractivity (Wildman–Crippen MR) is 64.1 cm³/mol. The van der Waals surface area contributed by atoms with Gasteiger partial charge in [0, 0.05) is 24.5 Å². The molecule has 0 aliphatic heterocycles. The van der Waals surface area contributed by atoms with Crippen LogP contribution in [0.25, 0.3) is 0 Å². The van der Waals surface area contributed by atoms with Crippen LogP contribution in [0, 0.1) is 5.82 Å². The Morgan fingerprint density at radius 1 is 1.44 bits per heavy atom. The normalized spacial score (nSPS) is 10.6. The van der Waals surface area contributed by atoms with Crippen molar-refractivity contribution in [2.24, 2.45) is 0 Å². The largest absolute Gasteiger partial charge is 0.316 e. The second kappa shape index (κ2) is 5.18. The van der Waals surface area contributed by atoms with Crippen LogP contribution in [0.15, 0.2) is 29.8 Å². The highest BCUT2D eigenvalue weighted by molar-refractivity contribution is 7.09. The molecular formula is C12H13FN2S. The SMILES string of the molecule is CNCc1ccc(F)c(Cc2nccs2)c1. The van der Waals surface area contributed by atoms with Gasteiger partial charge >= 0.3 is 0 Å². The summed E-state index contributed by atoms with van der Waals surface area (Å²) in [6.45, 7) is 0.755. The average Bonchev–Trinajstić information content (AvgIpc) is 2.76. The van der Waals surface area contributed by atoms with Crippen LogP contribution in [-0.4, -0.2) is 12.0 Å². The Morgan fingerprint density at radius 2 is 2.31 bits per heavy atom. The van der Waals surface area contributed by atoms with Gasteiger partial charge in [0.15, 0.2) is 0 Å². The zero-order valence-corrected chi connectivity index (χ0v) is 9.85. The summed E-state index contributed by atoms with van der Waals surface area (Å²) < 4.78 is 13.6. The van der Waals surface area contributed by atoms with Gasteiger partial charge in [-0.05, 0) is 24.2 Å². The molecule has 1 N–H and O–H groups in total. The van der Waals surface area contributed by atoms with Gasteiger partial charge in [-0.25, -0.2) is 9.37 Å². The Bertz CT molecular complexity index is 454. The van der Waals surface area contributed by atoms with Crippen LogP contribution in [-0.2, 0) is 13.0 Å². The van der Waals surface area contributed by atoms with Gasteiger partial charge in [0.05, 0.1) is 5.01 Å². The highest BCUT2D eigenvalue weighted by Gasteiger charge is 2.06. The molecule has 84 valence electrons. The van der Waals surface area contributed by atoms with Gasteiger partial charge < -0.3 is 5.32 Å². The first kappa shape index (κ1) is 11.2. The van der Waals surface area contributed by atoms with E-state index < -0.39 is 0 Å². The topological polar surface area (TPSA) is 24.9 Å². The zero-order chi connectivity index (χ0) is 11.4. The molecule has 1 aromatic carbocycles. The Morgan fingerprint density at radius 3 is 3.00 bits per heavy atom. The number of benzene rings is 1. The van der Waals surface area contributed by atoms with Crippen molar-refractivity contribution in [3.05, 3.63) is 51.7 Å². The number of hydrogen-bond donors (Lipinski definition) is 1. The molecule has 0 bridgehead atoms. The summed E-state index contributed by atoms with van der Waals surface area (Å²) in [5, 5.41) is 5.91. The molecule has 16 heavy (non-hydrogen) atoms. The van der Waals surface area contributed by atoms with Gasteiger partial charge in [-0.15, -0.1) is 11.3 Å². The van der Waals surface area contributed by atoms with E-state index in [-0.39, 0.29) is 5.82 Å². The van der Waals surface area contributed by atoms with E-state index in [0.717, 1.165) is 17.1 Å². The maximum Gasteiger partial charge on any atom is 0.126 e. The molecule has 0 atom stereocenters. The van der Waals surface area contributed by atoms with Crippen molar-refractivity contribution >= 4 is 11.3 Å². The molecule has 1 heterocycles. The third-order valence-electron chi connectivity index (χ3n) is 2.32. The number of aromatic nitrogens is 1. The Hall–Kier alpha value is -1.26. The highest BCUT2D eigenvalue weighted by Crippen LogP contribution is 2.16. The molecule has 0 saturated carbocycles. The molecule has 2 rings (SSSR count). The second-order valence-electron chi connectivity index (χ2n) is 3.56. The minimum Gasteiger partial charge on any atom is -0.316 e. The van der Waals surface area contributed by atoms with Crippen molar-refractivity contribution in [2.75, 3.05) is 7.05 Å². The first-order chi connectivity index (χ1) is 7.79. The van der Waals surface area contributed by atoms with Crippen molar-refractivity contribution in [2.45, 2.75) is 13.0 Å². The standard InChI is InChI=1S/C12H13FN2S/c1-14-8-9-2-3-11(13)10(6-9)7-12-15-4-5-16-12/h2-6,14H,7-8H2,1H3. The predicted octanol–water partition coefficient (Wildman–Crippen LogP) is 2.59. The second-order valence-corrected chi connectivity index (χ2v) is 4.54. The van der Waals surface area contributed by atoms with E-state index in [2.05, 4.69) is 10.3 Å². The number of nitrogens with zero attached hydrogens (tertiary/aromatic N) is 1. The summed E-state index contributed by atoms with van der Waals surface area (Å²) >= 11 is 1.55. The minimum atomic E-state index is -0.157. The maximum atomic E-state index is 13.6. The molecule has 4 heteroatoms. The van der Waals surface area contributed by atoms with Crippen LogP contribution in [0.3, 0.4) is 0 Å². The van der Waals surface area contributed by atoms with Gasteiger partial charge in [0.1, 0.15) is 5.82 Å². The number of halogens is 1. The quantitative estimate of drug-likeness (QED) is 0.882. The first-order valence-corrected chi connectivity index (χ1v) is 5.98. The van der Waals surface area contributed by atoms with Gasteiger partial charge in [0.25, 0.3) is 0 Å². The lowest BCUT2D eigenvalue weighted by molar-refractivity contribution is 0.612. The number of hydrogen-bond acceptors (Lipinski definition) is 3. The monoisotopic (exact) mass is 236 g/mol. The molecule has 2 nitrogen and oxygen atoms in total. The van der Waals surface area contributed by atoms with Crippen molar-refractivity contribution in [1.82, 2.24) is 10.3 Å². The van der Waals surface area contributed by atoms with Crippen LogP contribution in [0.1, 0.15) is 16.1 Å². The van der Waals surface area contributed by atoms with Crippen molar-refractivity contribution in [3.8, 4) is 0 Å². The fourth-order valence-corrected chi connectivity index (χ4v) is 2.22. The van der Waals surface area contributed by atoms with Gasteiger partial charge in [-0.1, -0.05) is 12.1 Å². The number of rotatable bonds is 4. The molecule has 1 aromatic heterocycles. The van der Waals surface area contributed by atoms with Gasteiger partial charge in [-0.2, -0.15) is 0 Å². The van der Waals surface area contributed by atoms with E-state index in [1.807, 2.05) is 18.5 Å². The van der Waals surface area contributed by atoms with Crippen molar-refractivity contribution in [1.29, 1.82) is 0 Å². The van der Waals surface area contributed by atoms with E-state index in [0.29, 0.717) is 12.0 Å². The zero-order valence-electron chi connectivity index (χ0n) is 9.03. The van der Waals surface area contributed by atoms with Crippen LogP contribution in [0.4, 0.5) is 4.39 Å². The summed E-state index contributed by atoms with van der Waals surface area (Å²) in [5.41, 5.74) is 1.80. The summed E-state index contributed by atoms with van der Waals surface area (Å²) in [5.74, 6) is -0.157. The molecule has 0 spiro atoms. The Balaban J connectivity index is 2.21. The summed E-state index contributed by atoms with van der Waals surface area (Å²) in [6.07, 6.45) is 2.32. The molecular weight excluding hydrogens is 223 g/mol. The first-order valence-electron chi connectivity index (χ1n) is 5.10. The van der Waals surface area contributed by atoms with E-state index >= 15 is 0 Å². The molecule has 0 aliphatic rings. The van der Waals surface area contributed by atoms with E-state index in [9.17, 15) is 4.39 Å². The summed E-state index contributed by atoms with van der Waals surface area (Å²) in [4.78, 5) is 4.16. The molecule has 0 saturated heterocycles. The van der Waals surface area contributed by atoms with Crippen LogP contribution in [0.2, 0.25) is 0 Å². The molecule has 0 amide bonds. The fourth-order valence-electron chi connectivity index (χ4n) is 1.58. The molecule has 0 fully saturated rings. The van der Waals surface area contributed by atoms with Gasteiger partial charge in [0.2, 0.25) is 0 Å². The Kier molecular flexibility index (Phi) is 3.64. The molecule has 0 aliphatic carbocycles. The van der Waals surface area contributed by atoms with E-state index in [4.69, 9.17) is 0 Å². The summed E-state index contributed by atoms with van der Waals surface area (Å²) in [6, 6.07) is 5.22. The van der Waals surface area contributed by atoms with E-state index in [1.165, 1.54) is 6.07 Å². The van der Waals surface area contributed by atoms with Crippen molar-refractivity contribution in [3.63, 3.8) is 0 Å². The Labute approximate surface area is 98.2 Å². The summed E-state index contributed by atoms with van der Waals surface area (Å²) in [7, 11) is 1.88. The molecule has 0 radical (unpaired) electrons. The number of thiazole rings is 1. The van der Waals surface area contributed by atoms with Crippen molar-refractivity contribution < 1.29 is 4.39 Å². The third kappa shape index (κ3) is 2.65. The van der Waals surface area contributed by atoms with Crippen LogP contribution in [0.5, 0.6) is 0 Å². The van der Waals surface area contributed by atoms with E-state index in [1.54, 1.807) is 23.6 Å². The maximum absolute atomic E-state index is 13.6. The third-order valence-corrected chi connectivity index (χ3v) is 3.10. The number of nitrogens with one attached hydrogen (secondary N) is 1. The van der Waals surface area contributed by atoms with Crippen LogP contribution < -0.4 is 5.32 Å². The fraction of sp³-hybridized carbons (Fsp3) is 0.250. The lowest BCUT2D eigenvalue weighted by Gasteiger charge is -2.05. The van der Waals surface area contributed by atoms with Gasteiger partial charge in [-0.3, -0.25) is 0 Å². The van der Waals surface area contributed by atoms with Crippen LogP contribution >= 0.6 is 11.3 Å². The smallest absolute Gasteiger partial charge is 0.126 e. The lowest BCUT2D eigenvalue weighted by atomic mass is 10.1. The molecule has 2 aromatic rings. The average molecular weight is 236 g/mol. The minimum absolute atomic E-state index is 0.157. The highest BCUT2D eigenvalue weighted by atomic mass is 32.1. The lowest BCUT2D eigenvalue weighted by Crippen LogP contribution is -2.06.